The summed E-state index contributed by atoms with van der Waals surface area (Å²) < 4.78 is 4.67. The largest absolute Gasteiger partial charge is 0.465 e. The van der Waals surface area contributed by atoms with Gasteiger partial charge in [-0.3, -0.25) is 0 Å². The molecule has 2 nitrogen and oxygen atoms in total. The molecule has 0 saturated carbocycles. The summed E-state index contributed by atoms with van der Waals surface area (Å²) >= 11 is 3.38. The first kappa shape index (κ1) is 11.2. The number of carbonyl (C=O) groups excluding carboxylic acids is 1. The van der Waals surface area contributed by atoms with Crippen molar-refractivity contribution in [1.82, 2.24) is 0 Å². The lowest BCUT2D eigenvalue weighted by molar-refractivity contribution is 0.0600. The molecule has 1 aromatic rings. The number of ether oxygens (including phenoxy) is 1. The topological polar surface area (TPSA) is 26.3 Å². The van der Waals surface area contributed by atoms with Gasteiger partial charge in [-0.2, -0.15) is 0 Å². The molecule has 1 aromatic carbocycles. The monoisotopic (exact) mass is 256 g/mol. The minimum absolute atomic E-state index is 0.270. The summed E-state index contributed by atoms with van der Waals surface area (Å²) in [5, 5.41) is 0.935. The van der Waals surface area contributed by atoms with Crippen molar-refractivity contribution in [1.29, 1.82) is 0 Å². The van der Waals surface area contributed by atoms with E-state index in [0.717, 1.165) is 17.3 Å². The minimum atomic E-state index is -0.270. The molecule has 0 aliphatic heterocycles. The Morgan fingerprint density at radius 1 is 1.50 bits per heavy atom. The quantitative estimate of drug-likeness (QED) is 0.614. The summed E-state index contributed by atoms with van der Waals surface area (Å²) in [6.07, 6.45) is 0.974. The molecule has 0 atom stereocenters. The Morgan fingerprint density at radius 3 is 2.71 bits per heavy atom. The molecular formula is C11H13BrO2. The molecule has 0 bridgehead atoms. The van der Waals surface area contributed by atoms with Gasteiger partial charge in [0, 0.05) is 5.33 Å². The van der Waals surface area contributed by atoms with Crippen molar-refractivity contribution in [2.45, 2.75) is 13.3 Å². The second kappa shape index (κ2) is 5.15. The third-order valence-electron chi connectivity index (χ3n) is 2.08. The Balaban J connectivity index is 2.95. The van der Waals surface area contributed by atoms with Gasteiger partial charge in [0.05, 0.1) is 12.7 Å². The van der Waals surface area contributed by atoms with Crippen LogP contribution in [0.4, 0.5) is 0 Å². The minimum Gasteiger partial charge on any atom is -0.465 e. The van der Waals surface area contributed by atoms with Gasteiger partial charge in [0.1, 0.15) is 0 Å². The maximum Gasteiger partial charge on any atom is 0.338 e. The van der Waals surface area contributed by atoms with E-state index in [1.807, 2.05) is 25.1 Å². The normalized spacial score (nSPS) is 9.93. The lowest BCUT2D eigenvalue weighted by Gasteiger charge is -2.05. The Labute approximate surface area is 92.4 Å². The zero-order valence-electron chi connectivity index (χ0n) is 8.34. The first-order valence-corrected chi connectivity index (χ1v) is 5.55. The van der Waals surface area contributed by atoms with E-state index in [9.17, 15) is 4.79 Å². The molecule has 0 amide bonds. The Morgan fingerprint density at radius 2 is 2.21 bits per heavy atom. The fourth-order valence-electron chi connectivity index (χ4n) is 1.33. The average molecular weight is 257 g/mol. The van der Waals surface area contributed by atoms with Gasteiger partial charge in [-0.05, 0) is 30.5 Å². The Hall–Kier alpha value is -0.830. The van der Waals surface area contributed by atoms with E-state index in [1.54, 1.807) is 0 Å². The number of methoxy groups -OCH3 is 1. The molecule has 0 spiro atoms. The average Bonchev–Trinajstić information content (AvgIpc) is 2.17. The molecule has 0 fully saturated rings. The van der Waals surface area contributed by atoms with Gasteiger partial charge >= 0.3 is 5.97 Å². The van der Waals surface area contributed by atoms with Crippen molar-refractivity contribution in [3.05, 3.63) is 34.9 Å². The highest BCUT2D eigenvalue weighted by Crippen LogP contribution is 2.13. The summed E-state index contributed by atoms with van der Waals surface area (Å²) in [5.74, 6) is -0.270. The highest BCUT2D eigenvalue weighted by Gasteiger charge is 2.08. The van der Waals surface area contributed by atoms with Gasteiger partial charge in [0.15, 0.2) is 0 Å². The second-order valence-electron chi connectivity index (χ2n) is 3.08. The maximum atomic E-state index is 11.3. The van der Waals surface area contributed by atoms with Crippen molar-refractivity contribution in [3.63, 3.8) is 0 Å². The predicted octanol–water partition coefficient (Wildman–Crippen LogP) is 2.72. The van der Waals surface area contributed by atoms with Gasteiger partial charge in [-0.1, -0.05) is 28.1 Å². The fourth-order valence-corrected chi connectivity index (χ4v) is 1.79. The smallest absolute Gasteiger partial charge is 0.338 e. The number of esters is 1. The summed E-state index contributed by atoms with van der Waals surface area (Å²) in [6, 6.07) is 5.80. The summed E-state index contributed by atoms with van der Waals surface area (Å²) in [7, 11) is 1.40. The van der Waals surface area contributed by atoms with Gasteiger partial charge in [-0.25, -0.2) is 4.79 Å². The highest BCUT2D eigenvalue weighted by molar-refractivity contribution is 9.09. The van der Waals surface area contributed by atoms with Crippen LogP contribution < -0.4 is 0 Å². The molecule has 0 aliphatic rings. The number of benzene rings is 1. The highest BCUT2D eigenvalue weighted by atomic mass is 79.9. The zero-order chi connectivity index (χ0) is 10.6. The van der Waals surface area contributed by atoms with Crippen LogP contribution >= 0.6 is 15.9 Å². The predicted molar refractivity (Wildman–Crippen MR) is 60.0 cm³/mol. The van der Waals surface area contributed by atoms with Crippen molar-refractivity contribution in [3.8, 4) is 0 Å². The van der Waals surface area contributed by atoms with Crippen LogP contribution in [0.3, 0.4) is 0 Å². The molecule has 14 heavy (non-hydrogen) atoms. The SMILES string of the molecule is COC(=O)c1ccc(CCBr)cc1C. The van der Waals surface area contributed by atoms with Crippen LogP contribution in [0.25, 0.3) is 0 Å². The van der Waals surface area contributed by atoms with Gasteiger partial charge in [0.2, 0.25) is 0 Å². The van der Waals surface area contributed by atoms with E-state index in [-0.39, 0.29) is 5.97 Å². The third kappa shape index (κ3) is 2.58. The van der Waals surface area contributed by atoms with Crippen molar-refractivity contribution >= 4 is 21.9 Å². The van der Waals surface area contributed by atoms with Crippen LogP contribution in [0.1, 0.15) is 21.5 Å². The molecule has 0 N–H and O–H groups in total. The first-order chi connectivity index (χ1) is 6.69. The van der Waals surface area contributed by atoms with Gasteiger partial charge < -0.3 is 4.74 Å². The molecule has 3 heteroatoms. The summed E-state index contributed by atoms with van der Waals surface area (Å²) in [6.45, 7) is 1.92. The van der Waals surface area contributed by atoms with Gasteiger partial charge in [-0.15, -0.1) is 0 Å². The van der Waals surface area contributed by atoms with E-state index < -0.39 is 0 Å². The molecule has 0 heterocycles. The standard InChI is InChI=1S/C11H13BrO2/c1-8-7-9(5-6-12)3-4-10(8)11(13)14-2/h3-4,7H,5-6H2,1-2H3. The van der Waals surface area contributed by atoms with Gasteiger partial charge in [0.25, 0.3) is 0 Å². The molecular weight excluding hydrogens is 244 g/mol. The number of rotatable bonds is 3. The van der Waals surface area contributed by atoms with Crippen LogP contribution in [0.5, 0.6) is 0 Å². The number of hydrogen-bond acceptors (Lipinski definition) is 2. The van der Waals surface area contributed by atoms with Crippen molar-refractivity contribution < 1.29 is 9.53 Å². The third-order valence-corrected chi connectivity index (χ3v) is 2.48. The Kier molecular flexibility index (Phi) is 4.14. The first-order valence-electron chi connectivity index (χ1n) is 4.43. The lowest BCUT2D eigenvalue weighted by Crippen LogP contribution is -2.04. The number of alkyl halides is 1. The molecule has 0 aliphatic carbocycles. The molecule has 1 rings (SSSR count). The summed E-state index contributed by atoms with van der Waals surface area (Å²) in [5.41, 5.74) is 2.84. The van der Waals surface area contributed by atoms with E-state index in [1.165, 1.54) is 12.7 Å². The van der Waals surface area contributed by atoms with Crippen LogP contribution in [0.2, 0.25) is 0 Å². The van der Waals surface area contributed by atoms with E-state index in [2.05, 4.69) is 20.7 Å². The fraction of sp³-hybridized carbons (Fsp3) is 0.364. The van der Waals surface area contributed by atoms with Crippen LogP contribution in [0.15, 0.2) is 18.2 Å². The second-order valence-corrected chi connectivity index (χ2v) is 3.87. The van der Waals surface area contributed by atoms with Crippen LogP contribution in [0, 0.1) is 6.92 Å². The maximum absolute atomic E-state index is 11.3. The summed E-state index contributed by atoms with van der Waals surface area (Å²) in [4.78, 5) is 11.3. The van der Waals surface area contributed by atoms with Crippen LogP contribution in [-0.4, -0.2) is 18.4 Å². The molecule has 0 unspecified atom stereocenters. The van der Waals surface area contributed by atoms with E-state index >= 15 is 0 Å². The Bertz CT molecular complexity index is 334. The number of hydrogen-bond donors (Lipinski definition) is 0. The molecule has 0 aromatic heterocycles. The number of carbonyl (C=O) groups is 1. The molecule has 0 saturated heterocycles. The van der Waals surface area contributed by atoms with Crippen molar-refractivity contribution in [2.24, 2.45) is 0 Å². The molecule has 76 valence electrons. The molecule has 0 radical (unpaired) electrons. The van der Waals surface area contributed by atoms with E-state index in [4.69, 9.17) is 0 Å². The number of aryl methyl sites for hydroxylation is 2. The number of halogens is 1. The van der Waals surface area contributed by atoms with E-state index in [0.29, 0.717) is 5.56 Å². The van der Waals surface area contributed by atoms with Crippen LogP contribution in [-0.2, 0) is 11.2 Å². The van der Waals surface area contributed by atoms with Crippen molar-refractivity contribution in [2.75, 3.05) is 12.4 Å². The zero-order valence-corrected chi connectivity index (χ0v) is 9.93. The lowest BCUT2D eigenvalue weighted by atomic mass is 10.0.